The fourth-order valence-corrected chi connectivity index (χ4v) is 2.40. The normalized spacial score (nSPS) is 24.5. The minimum atomic E-state index is -0.210. The summed E-state index contributed by atoms with van der Waals surface area (Å²) < 4.78 is 5.32. The van der Waals surface area contributed by atoms with Crippen LogP contribution in [0.2, 0.25) is 0 Å². The topological polar surface area (TPSA) is 65.1 Å². The highest BCUT2D eigenvalue weighted by Gasteiger charge is 2.29. The van der Waals surface area contributed by atoms with Crippen molar-refractivity contribution in [1.29, 1.82) is 0 Å². The van der Waals surface area contributed by atoms with E-state index in [4.69, 9.17) is 4.74 Å². The van der Waals surface area contributed by atoms with E-state index in [9.17, 15) is 9.59 Å². The summed E-state index contributed by atoms with van der Waals surface area (Å²) in [5.41, 5.74) is 0. The zero-order valence-electron chi connectivity index (χ0n) is 12.3. The van der Waals surface area contributed by atoms with Crippen LogP contribution in [0.15, 0.2) is 0 Å². The van der Waals surface area contributed by atoms with Crippen molar-refractivity contribution in [3.63, 3.8) is 0 Å². The van der Waals surface area contributed by atoms with E-state index < -0.39 is 0 Å². The minimum Gasteiger partial charge on any atom is -0.378 e. The van der Waals surface area contributed by atoms with E-state index in [2.05, 4.69) is 10.2 Å². The summed E-state index contributed by atoms with van der Waals surface area (Å²) in [6.45, 7) is 5.14. The Balaban J connectivity index is 1.76. The molecule has 2 aliphatic rings. The van der Waals surface area contributed by atoms with Crippen LogP contribution in [-0.2, 0) is 14.3 Å². The Morgan fingerprint density at radius 2 is 1.95 bits per heavy atom. The molecular weight excluding hydrogens is 260 g/mol. The van der Waals surface area contributed by atoms with Gasteiger partial charge in [-0.1, -0.05) is 0 Å². The van der Waals surface area contributed by atoms with Crippen LogP contribution in [-0.4, -0.2) is 99.1 Å². The number of likely N-dealkylation sites (N-methyl/N-ethyl adjacent to an activating group) is 1. The summed E-state index contributed by atoms with van der Waals surface area (Å²) >= 11 is 0. The predicted octanol–water partition coefficient (Wildman–Crippen LogP) is -1.79. The van der Waals surface area contributed by atoms with Crippen LogP contribution in [0.25, 0.3) is 0 Å². The highest BCUT2D eigenvalue weighted by Crippen LogP contribution is 2.06. The fourth-order valence-electron chi connectivity index (χ4n) is 2.40. The summed E-state index contributed by atoms with van der Waals surface area (Å²) in [4.78, 5) is 29.5. The molecule has 0 aromatic rings. The van der Waals surface area contributed by atoms with E-state index in [1.165, 1.54) is 0 Å². The predicted molar refractivity (Wildman–Crippen MR) is 74.3 cm³/mol. The molecule has 1 atom stereocenters. The third-order valence-electron chi connectivity index (χ3n) is 3.76. The maximum atomic E-state index is 12.3. The van der Waals surface area contributed by atoms with E-state index in [0.717, 1.165) is 19.6 Å². The lowest BCUT2D eigenvalue weighted by Crippen LogP contribution is -2.57. The average molecular weight is 284 g/mol. The summed E-state index contributed by atoms with van der Waals surface area (Å²) in [5.74, 6) is 0.218. The quantitative estimate of drug-likeness (QED) is 0.663. The smallest absolute Gasteiger partial charge is 0.242 e. The van der Waals surface area contributed by atoms with Gasteiger partial charge in [-0.25, -0.2) is 0 Å². The van der Waals surface area contributed by atoms with E-state index in [1.807, 2.05) is 4.90 Å². The van der Waals surface area contributed by atoms with Crippen molar-refractivity contribution >= 4 is 11.8 Å². The number of hydrogen-bond donors (Lipinski definition) is 1. The zero-order valence-corrected chi connectivity index (χ0v) is 12.3. The second-order valence-electron chi connectivity index (χ2n) is 5.47. The monoisotopic (exact) mass is 284 g/mol. The number of morpholine rings is 1. The highest BCUT2D eigenvalue weighted by molar-refractivity contribution is 5.82. The molecule has 2 fully saturated rings. The van der Waals surface area contributed by atoms with Crippen LogP contribution in [0.5, 0.6) is 0 Å². The van der Waals surface area contributed by atoms with Crippen LogP contribution in [0.1, 0.15) is 0 Å². The summed E-state index contributed by atoms with van der Waals surface area (Å²) in [6.07, 6.45) is 0. The first kappa shape index (κ1) is 15.2. The Labute approximate surface area is 119 Å². The molecule has 2 heterocycles. The summed E-state index contributed by atoms with van der Waals surface area (Å²) in [7, 11) is 3.52. The Kier molecular flexibility index (Phi) is 5.33. The van der Waals surface area contributed by atoms with Gasteiger partial charge < -0.3 is 19.9 Å². The van der Waals surface area contributed by atoms with Crippen molar-refractivity contribution in [3.05, 3.63) is 0 Å². The lowest BCUT2D eigenvalue weighted by atomic mass is 10.2. The second kappa shape index (κ2) is 7.01. The van der Waals surface area contributed by atoms with Crippen molar-refractivity contribution in [1.82, 2.24) is 20.0 Å². The average Bonchev–Trinajstić information content (AvgIpc) is 2.48. The molecule has 0 aliphatic carbocycles. The van der Waals surface area contributed by atoms with Crippen LogP contribution in [0.3, 0.4) is 0 Å². The van der Waals surface area contributed by atoms with Crippen molar-refractivity contribution in [2.24, 2.45) is 0 Å². The maximum Gasteiger partial charge on any atom is 0.242 e. The molecule has 0 bridgehead atoms. The van der Waals surface area contributed by atoms with Gasteiger partial charge in [0, 0.05) is 46.8 Å². The molecule has 114 valence electrons. The molecule has 0 aromatic heterocycles. The van der Waals surface area contributed by atoms with Crippen molar-refractivity contribution in [2.75, 3.05) is 66.6 Å². The number of rotatable bonds is 3. The van der Waals surface area contributed by atoms with Crippen LogP contribution in [0, 0.1) is 0 Å². The second-order valence-corrected chi connectivity index (χ2v) is 5.47. The highest BCUT2D eigenvalue weighted by atomic mass is 16.5. The first-order valence-electron chi connectivity index (χ1n) is 7.10. The van der Waals surface area contributed by atoms with Crippen molar-refractivity contribution < 1.29 is 14.3 Å². The van der Waals surface area contributed by atoms with E-state index in [1.54, 1.807) is 19.0 Å². The van der Waals surface area contributed by atoms with Gasteiger partial charge in [-0.2, -0.15) is 0 Å². The molecule has 7 heteroatoms. The molecule has 2 saturated heterocycles. The number of carbonyl (C=O) groups excluding carboxylic acids is 2. The third-order valence-corrected chi connectivity index (χ3v) is 3.76. The standard InChI is InChI=1S/C13H24N4O3/c1-15(2)12(18)9-16-4-6-17(7-5-16)13(19)11-10-20-8-3-14-11/h11,14H,3-10H2,1-2H3. The molecule has 7 nitrogen and oxygen atoms in total. The number of amides is 2. The largest absolute Gasteiger partial charge is 0.378 e. The molecule has 0 spiro atoms. The van der Waals surface area contributed by atoms with Gasteiger partial charge in [-0.15, -0.1) is 0 Å². The first-order chi connectivity index (χ1) is 9.58. The third kappa shape index (κ3) is 3.91. The van der Waals surface area contributed by atoms with Gasteiger partial charge in [-0.3, -0.25) is 14.5 Å². The van der Waals surface area contributed by atoms with Gasteiger partial charge in [0.25, 0.3) is 0 Å². The molecule has 0 saturated carbocycles. The van der Waals surface area contributed by atoms with Crippen molar-refractivity contribution in [2.45, 2.75) is 6.04 Å². The van der Waals surface area contributed by atoms with E-state index >= 15 is 0 Å². The molecular formula is C13H24N4O3. The molecule has 1 unspecified atom stereocenters. The zero-order chi connectivity index (χ0) is 14.5. The van der Waals surface area contributed by atoms with Gasteiger partial charge in [0.05, 0.1) is 19.8 Å². The van der Waals surface area contributed by atoms with Gasteiger partial charge >= 0.3 is 0 Å². The molecule has 2 amide bonds. The lowest BCUT2D eigenvalue weighted by molar-refractivity contribution is -0.138. The fraction of sp³-hybridized carbons (Fsp3) is 0.846. The number of piperazine rings is 1. The molecule has 1 N–H and O–H groups in total. The number of nitrogens with one attached hydrogen (secondary N) is 1. The number of nitrogens with zero attached hydrogens (tertiary/aromatic N) is 3. The SMILES string of the molecule is CN(C)C(=O)CN1CCN(C(=O)C2COCCN2)CC1. The number of ether oxygens (including phenoxy) is 1. The van der Waals surface area contributed by atoms with Crippen LogP contribution >= 0.6 is 0 Å². The molecule has 2 rings (SSSR count). The Morgan fingerprint density at radius 3 is 2.50 bits per heavy atom. The number of carbonyl (C=O) groups is 2. The first-order valence-corrected chi connectivity index (χ1v) is 7.10. The van der Waals surface area contributed by atoms with Gasteiger partial charge in [0.1, 0.15) is 6.04 Å². The van der Waals surface area contributed by atoms with Crippen LogP contribution in [0.4, 0.5) is 0 Å². The van der Waals surface area contributed by atoms with Gasteiger partial charge in [-0.05, 0) is 0 Å². The summed E-state index contributed by atoms with van der Waals surface area (Å²) in [5, 5.41) is 3.18. The Hall–Kier alpha value is -1.18. The molecule has 0 radical (unpaired) electrons. The van der Waals surface area contributed by atoms with Crippen molar-refractivity contribution in [3.8, 4) is 0 Å². The van der Waals surface area contributed by atoms with E-state index in [0.29, 0.717) is 32.8 Å². The number of hydrogen-bond acceptors (Lipinski definition) is 5. The summed E-state index contributed by atoms with van der Waals surface area (Å²) in [6, 6.07) is -0.210. The van der Waals surface area contributed by atoms with Gasteiger partial charge in [0.2, 0.25) is 11.8 Å². The maximum absolute atomic E-state index is 12.3. The van der Waals surface area contributed by atoms with E-state index in [-0.39, 0.29) is 17.9 Å². The minimum absolute atomic E-state index is 0.104. The lowest BCUT2D eigenvalue weighted by Gasteiger charge is -2.37. The molecule has 0 aromatic carbocycles. The Bertz CT molecular complexity index is 348. The van der Waals surface area contributed by atoms with Crippen LogP contribution < -0.4 is 5.32 Å². The Morgan fingerprint density at radius 1 is 1.25 bits per heavy atom. The van der Waals surface area contributed by atoms with Gasteiger partial charge in [0.15, 0.2) is 0 Å². The molecule has 2 aliphatic heterocycles. The molecule has 20 heavy (non-hydrogen) atoms.